The molecule has 1 heterocycles. The zero-order chi connectivity index (χ0) is 10.1. The predicted molar refractivity (Wildman–Crippen MR) is 61.8 cm³/mol. The Morgan fingerprint density at radius 1 is 1.36 bits per heavy atom. The van der Waals surface area contributed by atoms with E-state index in [0.29, 0.717) is 6.04 Å². The maximum absolute atomic E-state index is 2.45. The van der Waals surface area contributed by atoms with Crippen LogP contribution in [0.25, 0.3) is 0 Å². The SMILES string of the molecule is CC[C@@H]1[C@H](C)Cc2ccccc2N1C. The standard InChI is InChI=1S/C13H19N/c1-4-12-10(2)9-11-7-5-6-8-13(11)14(12)3/h5-8,10,12H,4,9H2,1-3H3/t10-,12-/m1/s1. The molecule has 1 aromatic rings. The number of para-hydroxylation sites is 1. The van der Waals surface area contributed by atoms with Crippen LogP contribution in [0.2, 0.25) is 0 Å². The van der Waals surface area contributed by atoms with Crippen LogP contribution in [-0.2, 0) is 6.42 Å². The molecule has 0 unspecified atom stereocenters. The van der Waals surface area contributed by atoms with Crippen LogP contribution in [0.1, 0.15) is 25.8 Å². The van der Waals surface area contributed by atoms with Crippen molar-refractivity contribution in [3.8, 4) is 0 Å². The third kappa shape index (κ3) is 1.41. The third-order valence-electron chi connectivity index (χ3n) is 3.49. The zero-order valence-electron chi connectivity index (χ0n) is 9.33. The molecule has 1 aliphatic heterocycles. The summed E-state index contributed by atoms with van der Waals surface area (Å²) < 4.78 is 0. The van der Waals surface area contributed by atoms with Gasteiger partial charge in [-0.2, -0.15) is 0 Å². The van der Waals surface area contributed by atoms with Gasteiger partial charge in [-0.25, -0.2) is 0 Å². The molecule has 1 heteroatoms. The van der Waals surface area contributed by atoms with Crippen molar-refractivity contribution >= 4 is 5.69 Å². The molecular weight excluding hydrogens is 170 g/mol. The fraction of sp³-hybridized carbons (Fsp3) is 0.538. The van der Waals surface area contributed by atoms with Gasteiger partial charge in [0.2, 0.25) is 0 Å². The van der Waals surface area contributed by atoms with Gasteiger partial charge in [0.05, 0.1) is 0 Å². The van der Waals surface area contributed by atoms with Gasteiger partial charge in [0.25, 0.3) is 0 Å². The van der Waals surface area contributed by atoms with Crippen molar-refractivity contribution in [2.45, 2.75) is 32.7 Å². The summed E-state index contributed by atoms with van der Waals surface area (Å²) in [6.07, 6.45) is 2.48. The van der Waals surface area contributed by atoms with Crippen LogP contribution in [-0.4, -0.2) is 13.1 Å². The lowest BCUT2D eigenvalue weighted by Crippen LogP contribution is -2.41. The Bertz CT molecular complexity index is 319. The van der Waals surface area contributed by atoms with Gasteiger partial charge >= 0.3 is 0 Å². The lowest BCUT2D eigenvalue weighted by Gasteiger charge is -2.40. The van der Waals surface area contributed by atoms with E-state index >= 15 is 0 Å². The van der Waals surface area contributed by atoms with E-state index in [9.17, 15) is 0 Å². The second-order valence-corrected chi connectivity index (χ2v) is 4.40. The zero-order valence-corrected chi connectivity index (χ0v) is 9.33. The molecule has 0 amide bonds. The summed E-state index contributed by atoms with van der Waals surface area (Å²) in [6.45, 7) is 4.65. The Hall–Kier alpha value is -0.980. The quantitative estimate of drug-likeness (QED) is 0.656. The van der Waals surface area contributed by atoms with Crippen LogP contribution >= 0.6 is 0 Å². The Labute approximate surface area is 86.7 Å². The Balaban J connectivity index is 2.38. The van der Waals surface area contributed by atoms with Crippen LogP contribution in [0, 0.1) is 5.92 Å². The smallest absolute Gasteiger partial charge is 0.0398 e. The molecule has 0 radical (unpaired) electrons. The van der Waals surface area contributed by atoms with Crippen molar-refractivity contribution in [1.29, 1.82) is 0 Å². The van der Waals surface area contributed by atoms with Crippen molar-refractivity contribution in [3.63, 3.8) is 0 Å². The normalized spacial score (nSPS) is 26.1. The second kappa shape index (κ2) is 3.64. The van der Waals surface area contributed by atoms with Gasteiger partial charge in [0, 0.05) is 18.8 Å². The fourth-order valence-electron chi connectivity index (χ4n) is 2.75. The fourth-order valence-corrected chi connectivity index (χ4v) is 2.75. The Morgan fingerprint density at radius 3 is 2.79 bits per heavy atom. The van der Waals surface area contributed by atoms with Crippen molar-refractivity contribution < 1.29 is 0 Å². The minimum Gasteiger partial charge on any atom is -0.371 e. The number of rotatable bonds is 1. The van der Waals surface area contributed by atoms with Gasteiger partial charge in [-0.15, -0.1) is 0 Å². The molecule has 2 rings (SSSR count). The van der Waals surface area contributed by atoms with Crippen molar-refractivity contribution in [2.75, 3.05) is 11.9 Å². The molecule has 0 fully saturated rings. The van der Waals surface area contributed by atoms with E-state index in [1.54, 1.807) is 0 Å². The van der Waals surface area contributed by atoms with Crippen LogP contribution in [0.15, 0.2) is 24.3 Å². The van der Waals surface area contributed by atoms with Crippen LogP contribution in [0.4, 0.5) is 5.69 Å². The average molecular weight is 189 g/mol. The maximum atomic E-state index is 2.45. The third-order valence-corrected chi connectivity index (χ3v) is 3.49. The second-order valence-electron chi connectivity index (χ2n) is 4.40. The van der Waals surface area contributed by atoms with Gasteiger partial charge in [0.15, 0.2) is 0 Å². The molecule has 1 nitrogen and oxygen atoms in total. The maximum Gasteiger partial charge on any atom is 0.0398 e. The van der Waals surface area contributed by atoms with E-state index in [1.807, 2.05) is 0 Å². The molecule has 0 aliphatic carbocycles. The van der Waals surface area contributed by atoms with Gasteiger partial charge in [-0.1, -0.05) is 32.0 Å². The minimum atomic E-state index is 0.713. The van der Waals surface area contributed by atoms with Crippen molar-refractivity contribution in [2.24, 2.45) is 5.92 Å². The van der Waals surface area contributed by atoms with Gasteiger partial charge in [-0.3, -0.25) is 0 Å². The predicted octanol–water partition coefficient (Wildman–Crippen LogP) is 3.09. The summed E-state index contributed by atoms with van der Waals surface area (Å²) in [4.78, 5) is 2.45. The van der Waals surface area contributed by atoms with Crippen LogP contribution in [0.3, 0.4) is 0 Å². The van der Waals surface area contributed by atoms with E-state index in [4.69, 9.17) is 0 Å². The summed E-state index contributed by atoms with van der Waals surface area (Å²) >= 11 is 0. The first-order valence-electron chi connectivity index (χ1n) is 5.54. The summed E-state index contributed by atoms with van der Waals surface area (Å²) in [5.74, 6) is 0.778. The molecule has 0 aromatic heterocycles. The molecule has 1 aliphatic rings. The number of benzene rings is 1. The van der Waals surface area contributed by atoms with E-state index in [2.05, 4.69) is 50.1 Å². The molecule has 0 spiro atoms. The average Bonchev–Trinajstić information content (AvgIpc) is 2.18. The number of fused-ring (bicyclic) bond motifs is 1. The molecule has 0 bridgehead atoms. The largest absolute Gasteiger partial charge is 0.371 e. The number of hydrogen-bond acceptors (Lipinski definition) is 1. The summed E-state index contributed by atoms with van der Waals surface area (Å²) in [7, 11) is 2.22. The highest BCUT2D eigenvalue weighted by Crippen LogP contribution is 2.33. The van der Waals surface area contributed by atoms with E-state index in [0.717, 1.165) is 5.92 Å². The lowest BCUT2D eigenvalue weighted by molar-refractivity contribution is 0.408. The summed E-state index contributed by atoms with van der Waals surface area (Å²) in [5, 5.41) is 0. The highest BCUT2D eigenvalue weighted by Gasteiger charge is 2.27. The number of anilines is 1. The molecular formula is C13H19N. The van der Waals surface area contributed by atoms with Gasteiger partial charge in [-0.05, 0) is 30.4 Å². The molecule has 0 saturated heterocycles. The molecule has 2 atom stereocenters. The van der Waals surface area contributed by atoms with Crippen LogP contribution in [0.5, 0.6) is 0 Å². The van der Waals surface area contributed by atoms with E-state index in [-0.39, 0.29) is 0 Å². The molecule has 1 aromatic carbocycles. The highest BCUT2D eigenvalue weighted by atomic mass is 15.1. The Kier molecular flexibility index (Phi) is 2.49. The minimum absolute atomic E-state index is 0.713. The van der Waals surface area contributed by atoms with Crippen molar-refractivity contribution in [1.82, 2.24) is 0 Å². The first kappa shape index (κ1) is 9.57. The van der Waals surface area contributed by atoms with E-state index in [1.165, 1.54) is 24.1 Å². The van der Waals surface area contributed by atoms with Gasteiger partial charge < -0.3 is 4.90 Å². The molecule has 14 heavy (non-hydrogen) atoms. The highest BCUT2D eigenvalue weighted by molar-refractivity contribution is 5.56. The first-order valence-corrected chi connectivity index (χ1v) is 5.54. The number of nitrogens with zero attached hydrogens (tertiary/aromatic N) is 1. The van der Waals surface area contributed by atoms with E-state index < -0.39 is 0 Å². The van der Waals surface area contributed by atoms with Crippen molar-refractivity contribution in [3.05, 3.63) is 29.8 Å². The first-order chi connectivity index (χ1) is 6.74. The summed E-state index contributed by atoms with van der Waals surface area (Å²) in [6, 6.07) is 9.49. The molecule has 76 valence electrons. The topological polar surface area (TPSA) is 3.24 Å². The Morgan fingerprint density at radius 2 is 2.07 bits per heavy atom. The van der Waals surface area contributed by atoms with Gasteiger partial charge in [0.1, 0.15) is 0 Å². The molecule has 0 N–H and O–H groups in total. The number of hydrogen-bond donors (Lipinski definition) is 0. The molecule has 0 saturated carbocycles. The lowest BCUT2D eigenvalue weighted by atomic mass is 9.86. The van der Waals surface area contributed by atoms with Crippen LogP contribution < -0.4 is 4.90 Å². The monoisotopic (exact) mass is 189 g/mol. The summed E-state index contributed by atoms with van der Waals surface area (Å²) in [5.41, 5.74) is 2.93.